The van der Waals surface area contributed by atoms with E-state index >= 15 is 0 Å². The first kappa shape index (κ1) is 26.7. The highest BCUT2D eigenvalue weighted by Crippen LogP contribution is 2.30. The van der Waals surface area contributed by atoms with Crippen molar-refractivity contribution in [2.75, 3.05) is 18.8 Å². The summed E-state index contributed by atoms with van der Waals surface area (Å²) in [5.41, 5.74) is 0.998. The maximum atomic E-state index is 14.9. The average Bonchev–Trinajstić information content (AvgIpc) is 2.84. The number of hydrogen-bond acceptors (Lipinski definition) is 6. The molecule has 1 fully saturated rings. The van der Waals surface area contributed by atoms with Crippen LogP contribution in [0.4, 0.5) is 10.2 Å². The van der Waals surface area contributed by atoms with Crippen LogP contribution in [0.2, 0.25) is 5.02 Å². The third-order valence-electron chi connectivity index (χ3n) is 6.14. The van der Waals surface area contributed by atoms with Crippen molar-refractivity contribution in [3.8, 4) is 5.75 Å². The number of halogens is 2. The van der Waals surface area contributed by atoms with E-state index in [1.807, 2.05) is 38.4 Å². The van der Waals surface area contributed by atoms with E-state index in [-0.39, 0.29) is 18.0 Å². The lowest BCUT2D eigenvalue weighted by molar-refractivity contribution is 0.0620. The predicted octanol–water partition coefficient (Wildman–Crippen LogP) is 6.22. The van der Waals surface area contributed by atoms with Gasteiger partial charge in [-0.1, -0.05) is 36.2 Å². The molecular weight excluding hydrogens is 521 g/mol. The number of thioether (sulfide) groups is 1. The zero-order valence-electron chi connectivity index (χ0n) is 20.2. The molecule has 0 bridgehead atoms. The summed E-state index contributed by atoms with van der Waals surface area (Å²) in [5, 5.41) is 0.692. The van der Waals surface area contributed by atoms with Crippen molar-refractivity contribution in [3.63, 3.8) is 0 Å². The maximum Gasteiger partial charge on any atom is 0.265 e. The van der Waals surface area contributed by atoms with Crippen LogP contribution >= 0.6 is 23.4 Å². The summed E-state index contributed by atoms with van der Waals surface area (Å²) in [4.78, 5) is 6.69. The number of likely N-dealkylation sites (N-methyl/N-ethyl adjacent to an activating group) is 1. The van der Waals surface area contributed by atoms with Crippen LogP contribution in [-0.4, -0.2) is 44.5 Å². The van der Waals surface area contributed by atoms with E-state index in [2.05, 4.69) is 14.6 Å². The van der Waals surface area contributed by atoms with Crippen LogP contribution in [0, 0.1) is 5.82 Å². The van der Waals surface area contributed by atoms with Crippen molar-refractivity contribution >= 4 is 39.2 Å². The van der Waals surface area contributed by atoms with Gasteiger partial charge in [-0.2, -0.15) is 0 Å². The number of ether oxygens (including phenoxy) is 1. The Morgan fingerprint density at radius 2 is 1.92 bits per heavy atom. The van der Waals surface area contributed by atoms with Crippen molar-refractivity contribution in [3.05, 3.63) is 77.2 Å². The second-order valence-corrected chi connectivity index (χ2v) is 12.0. The fourth-order valence-corrected chi connectivity index (χ4v) is 6.46. The molecule has 0 aliphatic heterocycles. The Morgan fingerprint density at radius 1 is 1.14 bits per heavy atom. The molecule has 4 rings (SSSR count). The van der Waals surface area contributed by atoms with Gasteiger partial charge in [0.15, 0.2) is 0 Å². The Kier molecular flexibility index (Phi) is 8.77. The molecule has 0 spiro atoms. The maximum absolute atomic E-state index is 14.9. The number of nitrogens with one attached hydrogen (secondary N) is 1. The van der Waals surface area contributed by atoms with Crippen LogP contribution in [0.1, 0.15) is 31.2 Å². The third-order valence-corrected chi connectivity index (χ3v) is 8.93. The summed E-state index contributed by atoms with van der Waals surface area (Å²) in [6, 6.07) is 15.0. The third kappa shape index (κ3) is 6.70. The Morgan fingerprint density at radius 3 is 2.61 bits per heavy atom. The van der Waals surface area contributed by atoms with Crippen molar-refractivity contribution in [2.24, 2.45) is 0 Å². The zero-order chi connectivity index (χ0) is 25.7. The van der Waals surface area contributed by atoms with E-state index < -0.39 is 20.7 Å². The fraction of sp³-hybridized carbons (Fsp3) is 0.346. The average molecular weight is 550 g/mol. The molecule has 0 amide bonds. The molecule has 3 aromatic rings. The summed E-state index contributed by atoms with van der Waals surface area (Å²) in [6.07, 6.45) is 5.59. The molecule has 1 aliphatic rings. The van der Waals surface area contributed by atoms with Crippen LogP contribution < -0.4 is 9.46 Å². The van der Waals surface area contributed by atoms with E-state index in [1.54, 1.807) is 18.3 Å². The summed E-state index contributed by atoms with van der Waals surface area (Å²) in [5.74, 6) is 0.211. The van der Waals surface area contributed by atoms with Gasteiger partial charge in [0.2, 0.25) is 0 Å². The summed E-state index contributed by atoms with van der Waals surface area (Å²) < 4.78 is 49.0. The highest BCUT2D eigenvalue weighted by Gasteiger charge is 2.29. The minimum absolute atomic E-state index is 0.0627. The van der Waals surface area contributed by atoms with Gasteiger partial charge in [-0.15, -0.1) is 11.8 Å². The van der Waals surface area contributed by atoms with Gasteiger partial charge in [0.1, 0.15) is 28.4 Å². The van der Waals surface area contributed by atoms with Gasteiger partial charge < -0.3 is 9.64 Å². The number of pyridine rings is 1. The van der Waals surface area contributed by atoms with Crippen molar-refractivity contribution in [2.45, 2.75) is 53.4 Å². The van der Waals surface area contributed by atoms with Gasteiger partial charge in [0.05, 0.1) is 0 Å². The first-order chi connectivity index (χ1) is 17.2. The summed E-state index contributed by atoms with van der Waals surface area (Å²) in [7, 11) is -0.155. The van der Waals surface area contributed by atoms with Gasteiger partial charge in [-0.25, -0.2) is 17.8 Å². The standard InChI is InChI=1S/C26H29ClFN3O3S2/c1-31(2)23-9-5-6-10-24(23)34-19-11-13-25(22(28)15-19)36(32,33)30-26-14-12-20(16-29-26)35-17-18-7-3-4-8-21(18)27/h3-4,7-8,11-16,23-24H,5-6,9-10,17H2,1-2H3,(H,29,30)/t23-,24-/m0/s1. The second kappa shape index (κ2) is 11.8. The number of rotatable bonds is 9. The Hall–Kier alpha value is -2.33. The lowest BCUT2D eigenvalue weighted by Gasteiger charge is -2.36. The van der Waals surface area contributed by atoms with Crippen LogP contribution in [0.25, 0.3) is 0 Å². The lowest BCUT2D eigenvalue weighted by Crippen LogP contribution is -2.44. The quantitative estimate of drug-likeness (QED) is 0.320. The normalized spacial score (nSPS) is 18.2. The SMILES string of the molecule is CN(C)[C@H]1CCCC[C@@H]1Oc1ccc(S(=O)(=O)Nc2ccc(SCc3ccccc3Cl)cn2)c(F)c1. The Bertz CT molecular complexity index is 1290. The number of nitrogens with zero attached hydrogens (tertiary/aromatic N) is 2. The molecule has 0 unspecified atom stereocenters. The molecule has 1 saturated carbocycles. The van der Waals surface area contributed by atoms with Gasteiger partial charge in [0.25, 0.3) is 10.0 Å². The van der Waals surface area contributed by atoms with Crippen LogP contribution in [-0.2, 0) is 15.8 Å². The van der Waals surface area contributed by atoms with Gasteiger partial charge in [-0.05, 0) is 69.3 Å². The van der Waals surface area contributed by atoms with Crippen molar-refractivity contribution in [1.29, 1.82) is 0 Å². The van der Waals surface area contributed by atoms with Crippen LogP contribution in [0.15, 0.2) is 70.6 Å². The molecule has 1 aliphatic carbocycles. The van der Waals surface area contributed by atoms with Crippen molar-refractivity contribution < 1.29 is 17.5 Å². The highest BCUT2D eigenvalue weighted by molar-refractivity contribution is 7.98. The highest BCUT2D eigenvalue weighted by atomic mass is 35.5. The van der Waals surface area contributed by atoms with E-state index in [9.17, 15) is 12.8 Å². The minimum atomic E-state index is -4.17. The van der Waals surface area contributed by atoms with Gasteiger partial charge >= 0.3 is 0 Å². The summed E-state index contributed by atoms with van der Waals surface area (Å²) in [6.45, 7) is 0. The van der Waals surface area contributed by atoms with Crippen molar-refractivity contribution in [1.82, 2.24) is 9.88 Å². The fourth-order valence-electron chi connectivity index (χ4n) is 4.25. The molecule has 1 N–H and O–H groups in total. The second-order valence-electron chi connectivity index (χ2n) is 8.93. The topological polar surface area (TPSA) is 71.5 Å². The molecule has 0 radical (unpaired) electrons. The molecule has 1 aromatic heterocycles. The van der Waals surface area contributed by atoms with E-state index in [0.717, 1.165) is 42.2 Å². The number of aromatic nitrogens is 1. The lowest BCUT2D eigenvalue weighted by atomic mass is 9.91. The molecule has 2 atom stereocenters. The predicted molar refractivity (Wildman–Crippen MR) is 143 cm³/mol. The number of anilines is 1. The first-order valence-electron chi connectivity index (χ1n) is 11.7. The monoisotopic (exact) mass is 549 g/mol. The smallest absolute Gasteiger partial charge is 0.265 e. The molecule has 2 aromatic carbocycles. The first-order valence-corrected chi connectivity index (χ1v) is 14.6. The van der Waals surface area contributed by atoms with Gasteiger partial charge in [-0.3, -0.25) is 4.72 Å². The zero-order valence-corrected chi connectivity index (χ0v) is 22.5. The van der Waals surface area contributed by atoms with Gasteiger partial charge in [0, 0.05) is 34.0 Å². The Labute approximate surface area is 221 Å². The molecule has 10 heteroatoms. The number of benzene rings is 2. The molecule has 0 saturated heterocycles. The minimum Gasteiger partial charge on any atom is -0.489 e. The molecule has 6 nitrogen and oxygen atoms in total. The van der Waals surface area contributed by atoms with E-state index in [1.165, 1.54) is 23.9 Å². The molecule has 36 heavy (non-hydrogen) atoms. The number of hydrogen-bond donors (Lipinski definition) is 1. The van der Waals surface area contributed by atoms with Crippen LogP contribution in [0.3, 0.4) is 0 Å². The molecule has 192 valence electrons. The van der Waals surface area contributed by atoms with Crippen LogP contribution in [0.5, 0.6) is 5.75 Å². The van der Waals surface area contributed by atoms with E-state index in [0.29, 0.717) is 16.5 Å². The number of sulfonamides is 1. The largest absolute Gasteiger partial charge is 0.489 e. The van der Waals surface area contributed by atoms with E-state index in [4.69, 9.17) is 16.3 Å². The Balaban J connectivity index is 1.40. The molecular formula is C26H29ClFN3O3S2. The molecule has 1 heterocycles. The summed E-state index contributed by atoms with van der Waals surface area (Å²) >= 11 is 7.72.